The Labute approximate surface area is 110 Å². The van der Waals surface area contributed by atoms with E-state index in [-0.39, 0.29) is 0 Å². The molecule has 0 fully saturated rings. The zero-order chi connectivity index (χ0) is 12.4. The Kier molecular flexibility index (Phi) is 3.52. The fraction of sp³-hybridized carbons (Fsp3) is 0.308. The minimum absolute atomic E-state index is 0.739. The molecule has 0 aliphatic rings. The average Bonchev–Trinajstić information content (AvgIpc) is 2.62. The lowest BCUT2D eigenvalue weighted by atomic mass is 10.1. The van der Waals surface area contributed by atoms with E-state index in [1.54, 1.807) is 0 Å². The standard InChI is InChI=1S/C13H16BrN3/c1-9-6-10(2)13(12(14)7-9)15-8-11-4-5-17(3)16-11/h4-7,15H,8H2,1-3H3. The van der Waals surface area contributed by atoms with Gasteiger partial charge >= 0.3 is 0 Å². The van der Waals surface area contributed by atoms with Crippen LogP contribution in [0.4, 0.5) is 5.69 Å². The van der Waals surface area contributed by atoms with Crippen molar-refractivity contribution in [2.45, 2.75) is 20.4 Å². The van der Waals surface area contributed by atoms with Crippen molar-refractivity contribution in [1.29, 1.82) is 0 Å². The number of benzene rings is 1. The first kappa shape index (κ1) is 12.2. The van der Waals surface area contributed by atoms with Crippen LogP contribution in [0.5, 0.6) is 0 Å². The lowest BCUT2D eigenvalue weighted by Crippen LogP contribution is -2.03. The van der Waals surface area contributed by atoms with Crippen LogP contribution in [0.15, 0.2) is 28.9 Å². The predicted octanol–water partition coefficient (Wildman–Crippen LogP) is 3.41. The molecule has 0 saturated heterocycles. The van der Waals surface area contributed by atoms with Crippen LogP contribution in [-0.2, 0) is 13.6 Å². The average molecular weight is 294 g/mol. The number of aromatic nitrogens is 2. The number of nitrogens with zero attached hydrogens (tertiary/aromatic N) is 2. The van der Waals surface area contributed by atoms with Crippen molar-refractivity contribution in [1.82, 2.24) is 9.78 Å². The van der Waals surface area contributed by atoms with Gasteiger partial charge in [-0.05, 0) is 53.0 Å². The van der Waals surface area contributed by atoms with Crippen LogP contribution in [0.25, 0.3) is 0 Å². The second-order valence-corrected chi connectivity index (χ2v) is 5.13. The van der Waals surface area contributed by atoms with Gasteiger partial charge in [0.15, 0.2) is 0 Å². The fourth-order valence-electron chi connectivity index (χ4n) is 1.88. The van der Waals surface area contributed by atoms with Gasteiger partial charge in [-0.15, -0.1) is 0 Å². The molecule has 0 radical (unpaired) electrons. The zero-order valence-electron chi connectivity index (χ0n) is 10.3. The van der Waals surface area contributed by atoms with Crippen LogP contribution < -0.4 is 5.32 Å². The van der Waals surface area contributed by atoms with Crippen LogP contribution in [0, 0.1) is 13.8 Å². The molecule has 4 heteroatoms. The van der Waals surface area contributed by atoms with Gasteiger partial charge in [-0.1, -0.05) is 6.07 Å². The van der Waals surface area contributed by atoms with Gasteiger partial charge in [-0.3, -0.25) is 4.68 Å². The first-order valence-corrected chi connectivity index (χ1v) is 6.34. The Morgan fingerprint density at radius 1 is 1.35 bits per heavy atom. The van der Waals surface area contributed by atoms with E-state index in [0.717, 1.165) is 22.4 Å². The van der Waals surface area contributed by atoms with Gasteiger partial charge in [0.1, 0.15) is 0 Å². The van der Waals surface area contributed by atoms with E-state index in [2.05, 4.69) is 52.3 Å². The molecular weight excluding hydrogens is 278 g/mol. The molecule has 17 heavy (non-hydrogen) atoms. The third kappa shape index (κ3) is 2.88. The summed E-state index contributed by atoms with van der Waals surface area (Å²) in [6, 6.07) is 6.31. The maximum Gasteiger partial charge on any atom is 0.0815 e. The molecule has 0 aliphatic carbocycles. The van der Waals surface area contributed by atoms with Gasteiger partial charge in [-0.25, -0.2) is 0 Å². The van der Waals surface area contributed by atoms with Crippen LogP contribution in [0.2, 0.25) is 0 Å². The van der Waals surface area contributed by atoms with Gasteiger partial charge in [0, 0.05) is 17.7 Å². The van der Waals surface area contributed by atoms with Crippen molar-refractivity contribution in [2.75, 3.05) is 5.32 Å². The molecular formula is C13H16BrN3. The summed E-state index contributed by atoms with van der Waals surface area (Å²) < 4.78 is 2.92. The van der Waals surface area contributed by atoms with Crippen molar-refractivity contribution in [2.24, 2.45) is 7.05 Å². The second kappa shape index (κ2) is 4.92. The summed E-state index contributed by atoms with van der Waals surface area (Å²) in [5.41, 5.74) is 4.69. The number of halogens is 1. The van der Waals surface area contributed by atoms with Crippen LogP contribution in [-0.4, -0.2) is 9.78 Å². The van der Waals surface area contributed by atoms with E-state index >= 15 is 0 Å². The highest BCUT2D eigenvalue weighted by Crippen LogP contribution is 2.28. The van der Waals surface area contributed by atoms with Crippen LogP contribution >= 0.6 is 15.9 Å². The third-order valence-electron chi connectivity index (χ3n) is 2.65. The summed E-state index contributed by atoms with van der Waals surface area (Å²) in [5.74, 6) is 0. The van der Waals surface area contributed by atoms with Crippen molar-refractivity contribution < 1.29 is 0 Å². The van der Waals surface area contributed by atoms with Gasteiger partial charge in [0.25, 0.3) is 0 Å². The van der Waals surface area contributed by atoms with E-state index in [0.29, 0.717) is 0 Å². The van der Waals surface area contributed by atoms with Crippen LogP contribution in [0.3, 0.4) is 0 Å². The molecule has 0 aliphatic heterocycles. The lowest BCUT2D eigenvalue weighted by molar-refractivity contribution is 0.747. The minimum Gasteiger partial charge on any atom is -0.378 e. The van der Waals surface area contributed by atoms with Crippen LogP contribution in [0.1, 0.15) is 16.8 Å². The Bertz CT molecular complexity index is 508. The normalized spacial score (nSPS) is 10.6. The molecule has 0 bridgehead atoms. The van der Waals surface area contributed by atoms with E-state index in [4.69, 9.17) is 0 Å². The summed E-state index contributed by atoms with van der Waals surface area (Å²) in [4.78, 5) is 0. The minimum atomic E-state index is 0.739. The molecule has 1 N–H and O–H groups in total. The summed E-state index contributed by atoms with van der Waals surface area (Å²) in [5, 5.41) is 7.76. The lowest BCUT2D eigenvalue weighted by Gasteiger charge is -2.11. The summed E-state index contributed by atoms with van der Waals surface area (Å²) in [7, 11) is 1.93. The number of anilines is 1. The summed E-state index contributed by atoms with van der Waals surface area (Å²) in [6.07, 6.45) is 1.95. The van der Waals surface area contributed by atoms with Crippen molar-refractivity contribution in [3.05, 3.63) is 45.7 Å². The Hall–Kier alpha value is -1.29. The Balaban J connectivity index is 2.14. The number of hydrogen-bond donors (Lipinski definition) is 1. The molecule has 1 aromatic carbocycles. The van der Waals surface area contributed by atoms with Crippen molar-refractivity contribution in [3.8, 4) is 0 Å². The molecule has 1 heterocycles. The highest BCUT2D eigenvalue weighted by molar-refractivity contribution is 9.10. The first-order valence-electron chi connectivity index (χ1n) is 5.55. The van der Waals surface area contributed by atoms with Gasteiger partial charge in [0.2, 0.25) is 0 Å². The molecule has 0 spiro atoms. The predicted molar refractivity (Wildman–Crippen MR) is 74.2 cm³/mol. The third-order valence-corrected chi connectivity index (χ3v) is 3.27. The highest BCUT2D eigenvalue weighted by atomic mass is 79.9. The number of aryl methyl sites for hydroxylation is 3. The Morgan fingerprint density at radius 3 is 2.71 bits per heavy atom. The monoisotopic (exact) mass is 293 g/mol. The fourth-order valence-corrected chi connectivity index (χ4v) is 2.69. The molecule has 0 atom stereocenters. The SMILES string of the molecule is Cc1cc(C)c(NCc2ccn(C)n2)c(Br)c1. The maximum absolute atomic E-state index is 4.34. The topological polar surface area (TPSA) is 29.9 Å². The molecule has 0 amide bonds. The van der Waals surface area contributed by atoms with Crippen molar-refractivity contribution in [3.63, 3.8) is 0 Å². The molecule has 3 nitrogen and oxygen atoms in total. The maximum atomic E-state index is 4.34. The van der Waals surface area contributed by atoms with Gasteiger partial charge < -0.3 is 5.32 Å². The molecule has 0 saturated carbocycles. The Morgan fingerprint density at radius 2 is 2.12 bits per heavy atom. The molecule has 90 valence electrons. The quantitative estimate of drug-likeness (QED) is 0.940. The van der Waals surface area contributed by atoms with Crippen molar-refractivity contribution >= 4 is 21.6 Å². The molecule has 1 aromatic heterocycles. The van der Waals surface area contributed by atoms with E-state index in [1.807, 2.05) is 24.0 Å². The summed E-state index contributed by atoms with van der Waals surface area (Å²) in [6.45, 7) is 4.95. The smallest absolute Gasteiger partial charge is 0.0815 e. The van der Waals surface area contributed by atoms with Gasteiger partial charge in [0.05, 0.1) is 17.9 Å². The zero-order valence-corrected chi connectivity index (χ0v) is 11.9. The van der Waals surface area contributed by atoms with E-state index < -0.39 is 0 Å². The number of rotatable bonds is 3. The van der Waals surface area contributed by atoms with E-state index in [9.17, 15) is 0 Å². The second-order valence-electron chi connectivity index (χ2n) is 4.27. The highest BCUT2D eigenvalue weighted by Gasteiger charge is 2.05. The number of hydrogen-bond acceptors (Lipinski definition) is 2. The van der Waals surface area contributed by atoms with Gasteiger partial charge in [-0.2, -0.15) is 5.10 Å². The molecule has 0 unspecified atom stereocenters. The van der Waals surface area contributed by atoms with E-state index in [1.165, 1.54) is 11.1 Å². The largest absolute Gasteiger partial charge is 0.378 e. The summed E-state index contributed by atoms with van der Waals surface area (Å²) >= 11 is 3.59. The first-order chi connectivity index (χ1) is 8.06. The number of nitrogens with one attached hydrogen (secondary N) is 1. The molecule has 2 aromatic rings. The molecule has 2 rings (SSSR count).